The van der Waals surface area contributed by atoms with Gasteiger partial charge in [-0.05, 0) is 0 Å². The molecular weight excluding hydrogens is 227 g/mol. The van der Waals surface area contributed by atoms with Crippen LogP contribution in [-0.2, 0) is 34.1 Å². The zero-order valence-corrected chi connectivity index (χ0v) is 12.0. The molecule has 0 amide bonds. The summed E-state index contributed by atoms with van der Waals surface area (Å²) in [6, 6.07) is 0. The normalized spacial score (nSPS) is 7.08. The molecule has 0 bridgehead atoms. The summed E-state index contributed by atoms with van der Waals surface area (Å²) in [5.74, 6) is 5.73. The van der Waals surface area contributed by atoms with Crippen molar-refractivity contribution in [1.29, 1.82) is 0 Å². The first kappa shape index (κ1) is 37.4. The van der Waals surface area contributed by atoms with Crippen molar-refractivity contribution in [2.24, 2.45) is 5.14 Å². The first-order valence-corrected chi connectivity index (χ1v) is 4.91. The third kappa shape index (κ3) is 208. The van der Waals surface area contributed by atoms with Crippen molar-refractivity contribution in [2.75, 3.05) is 0 Å². The summed E-state index contributed by atoms with van der Waals surface area (Å²) in [6.45, 7) is 12.0. The zero-order valence-electron chi connectivity index (χ0n) is 9.75. The topological polar surface area (TPSA) is 76.1 Å². The van der Waals surface area contributed by atoms with Crippen molar-refractivity contribution >= 4 is 11.3 Å². The predicted molar refractivity (Wildman–Crippen MR) is 58.2 cm³/mol. The Hall–Kier alpha value is 0.614. The van der Waals surface area contributed by atoms with Gasteiger partial charge in [0.05, 0.1) is 0 Å². The number of hydrogen-bond acceptors (Lipinski definition) is 2. The molecule has 0 aromatic heterocycles. The summed E-state index contributed by atoms with van der Waals surface area (Å²) in [5, 5.41) is 4.35. The maximum atomic E-state index is 9.29. The number of nitrogens with one attached hydrogen (secondary N) is 1. The van der Waals surface area contributed by atoms with Crippen molar-refractivity contribution in [3.63, 3.8) is 0 Å². The third-order valence-corrected chi connectivity index (χ3v) is 0.246. The van der Waals surface area contributed by atoms with Gasteiger partial charge in [-0.25, -0.2) is 9.35 Å². The Morgan fingerprint density at radius 3 is 1.15 bits per heavy atom. The first-order valence-electron chi connectivity index (χ1n) is 3.77. The van der Waals surface area contributed by atoms with Gasteiger partial charge in [-0.15, -0.1) is 0 Å². The summed E-state index contributed by atoms with van der Waals surface area (Å²) in [4.78, 5) is 0. The predicted octanol–water partition coefficient (Wildman–Crippen LogP) is 3.03. The van der Waals surface area contributed by atoms with Crippen LogP contribution in [0.5, 0.6) is 0 Å². The van der Waals surface area contributed by atoms with E-state index in [9.17, 15) is 4.21 Å². The SMILES string of the molecule is CC.CC.CC.[CH3-].[NH-]OS(N)=O.[V+2]. The molecule has 0 spiro atoms. The van der Waals surface area contributed by atoms with Crippen LogP contribution >= 0.6 is 0 Å². The number of rotatable bonds is 1. The monoisotopic (exact) mass is 251 g/mol. The van der Waals surface area contributed by atoms with Gasteiger partial charge in [-0.1, -0.05) is 41.5 Å². The van der Waals surface area contributed by atoms with E-state index in [4.69, 9.17) is 5.90 Å². The fraction of sp³-hybridized carbons (Fsp3) is 0.857. The molecule has 4 nitrogen and oxygen atoms in total. The van der Waals surface area contributed by atoms with E-state index in [0.29, 0.717) is 0 Å². The minimum absolute atomic E-state index is 0. The van der Waals surface area contributed by atoms with Crippen molar-refractivity contribution in [3.8, 4) is 0 Å². The molecule has 0 aromatic carbocycles. The van der Waals surface area contributed by atoms with Crippen LogP contribution in [0.4, 0.5) is 0 Å². The zero-order chi connectivity index (χ0) is 10.3. The van der Waals surface area contributed by atoms with Crippen molar-refractivity contribution in [1.82, 2.24) is 0 Å². The van der Waals surface area contributed by atoms with Crippen LogP contribution in [0.15, 0.2) is 0 Å². The fourth-order valence-corrected chi connectivity index (χ4v) is 0. The van der Waals surface area contributed by atoms with Gasteiger partial charge in [0.2, 0.25) is 11.3 Å². The van der Waals surface area contributed by atoms with E-state index >= 15 is 0 Å². The Bertz CT molecular complexity index is 59.8. The average Bonchev–Trinajstić information content (AvgIpc) is 2.15. The largest absolute Gasteiger partial charge is 2.00 e. The fourth-order valence-electron chi connectivity index (χ4n) is 0. The molecule has 85 valence electrons. The van der Waals surface area contributed by atoms with Crippen molar-refractivity contribution in [3.05, 3.63) is 13.3 Å². The van der Waals surface area contributed by atoms with Gasteiger partial charge in [-0.3, -0.25) is 0 Å². The van der Waals surface area contributed by atoms with E-state index in [1.54, 1.807) is 0 Å². The number of hydrogen-bond donors (Lipinski definition) is 1. The molecule has 0 saturated heterocycles. The first-order chi connectivity index (χ1) is 5.27. The van der Waals surface area contributed by atoms with Crippen LogP contribution in [0.1, 0.15) is 41.5 Å². The minimum Gasteiger partial charge on any atom is -0.532 e. The smallest absolute Gasteiger partial charge is 0.532 e. The molecule has 13 heavy (non-hydrogen) atoms. The Morgan fingerprint density at radius 1 is 1.08 bits per heavy atom. The summed E-state index contributed by atoms with van der Waals surface area (Å²) in [7, 11) is 0. The molecule has 0 fully saturated rings. The van der Waals surface area contributed by atoms with Crippen LogP contribution in [-0.4, -0.2) is 4.21 Å². The second-order valence-electron chi connectivity index (χ2n) is 0.344. The van der Waals surface area contributed by atoms with E-state index in [1.165, 1.54) is 0 Å². The molecule has 0 heterocycles. The van der Waals surface area contributed by atoms with Gasteiger partial charge >= 0.3 is 18.6 Å². The summed E-state index contributed by atoms with van der Waals surface area (Å²) in [6.07, 6.45) is 0. The van der Waals surface area contributed by atoms with Gasteiger partial charge in [0.25, 0.3) is 0 Å². The second-order valence-corrected chi connectivity index (χ2v) is 1.03. The van der Waals surface area contributed by atoms with Crippen molar-refractivity contribution in [2.45, 2.75) is 41.5 Å². The molecule has 1 atom stereocenters. The summed E-state index contributed by atoms with van der Waals surface area (Å²) >= 11 is -1.91. The molecule has 0 aliphatic heterocycles. The maximum absolute atomic E-state index is 9.29. The standard InChI is InChI=1S/3C2H6.CH3.H3N2O2S.V/c3*1-2;;1-4-5(2)3;/h3*1-2H3;1H3;1H,2H2;/q;;;2*-1;+2. The molecule has 1 unspecified atom stereocenters. The molecule has 0 aliphatic rings. The van der Waals surface area contributed by atoms with Crippen molar-refractivity contribution < 1.29 is 27.0 Å². The molecular formula is C7H24N2O2SV. The Balaban J connectivity index is -0.0000000135. The Morgan fingerprint density at radius 2 is 1.15 bits per heavy atom. The molecule has 0 aromatic rings. The van der Waals surface area contributed by atoms with E-state index in [-0.39, 0.29) is 26.0 Å². The Kier molecular flexibility index (Phi) is 230. The van der Waals surface area contributed by atoms with E-state index in [1.807, 2.05) is 41.5 Å². The molecule has 3 N–H and O–H groups in total. The van der Waals surface area contributed by atoms with Crippen LogP contribution in [0.2, 0.25) is 0 Å². The van der Waals surface area contributed by atoms with Gasteiger partial charge in [0.15, 0.2) is 0 Å². The minimum atomic E-state index is -1.91. The third-order valence-electron chi connectivity index (χ3n) is 0.0821. The molecule has 0 rings (SSSR count). The average molecular weight is 251 g/mol. The van der Waals surface area contributed by atoms with Gasteiger partial charge in [0, 0.05) is 0 Å². The molecule has 6 heteroatoms. The van der Waals surface area contributed by atoms with Gasteiger partial charge in [0.1, 0.15) is 0 Å². The quantitative estimate of drug-likeness (QED) is 0.574. The molecule has 0 saturated carbocycles. The van der Waals surface area contributed by atoms with Crippen LogP contribution in [0.3, 0.4) is 0 Å². The second kappa shape index (κ2) is 79.9. The number of nitrogens with two attached hydrogens (primary N) is 1. The van der Waals surface area contributed by atoms with E-state index < -0.39 is 11.3 Å². The maximum Gasteiger partial charge on any atom is 2.00 e. The van der Waals surface area contributed by atoms with Gasteiger partial charge < -0.3 is 17.6 Å². The van der Waals surface area contributed by atoms with Crippen LogP contribution in [0.25, 0.3) is 5.90 Å². The van der Waals surface area contributed by atoms with Crippen LogP contribution in [0, 0.1) is 7.43 Å². The Labute approximate surface area is 98.4 Å². The molecule has 0 aliphatic carbocycles. The van der Waals surface area contributed by atoms with Gasteiger partial charge in [-0.2, -0.15) is 0 Å². The summed E-state index contributed by atoms with van der Waals surface area (Å²) in [5.41, 5.74) is 0. The molecule has 1 radical (unpaired) electrons. The van der Waals surface area contributed by atoms with E-state index in [0.717, 1.165) is 0 Å². The summed E-state index contributed by atoms with van der Waals surface area (Å²) < 4.78 is 12.5. The van der Waals surface area contributed by atoms with Crippen LogP contribution < -0.4 is 5.14 Å². The van der Waals surface area contributed by atoms with E-state index in [2.05, 4.69) is 9.42 Å².